The smallest absolute Gasteiger partial charge is 0.341 e. The Bertz CT molecular complexity index is 1070. The number of anilines is 1. The Balaban J connectivity index is 1.38. The molecule has 35 heavy (non-hydrogen) atoms. The summed E-state index contributed by atoms with van der Waals surface area (Å²) in [5.74, 6) is -0.489. The monoisotopic (exact) mass is 491 g/mol. The van der Waals surface area contributed by atoms with Crippen molar-refractivity contribution in [1.82, 2.24) is 9.80 Å². The normalized spacial score (nSPS) is 14.7. The third-order valence-electron chi connectivity index (χ3n) is 6.25. The van der Waals surface area contributed by atoms with Gasteiger partial charge in [0.1, 0.15) is 5.00 Å². The molecule has 1 saturated heterocycles. The summed E-state index contributed by atoms with van der Waals surface area (Å²) in [5.41, 5.74) is 3.00. The van der Waals surface area contributed by atoms with Crippen molar-refractivity contribution in [3.05, 3.63) is 88.3 Å². The number of carbonyl (C=O) groups excluding carboxylic acids is 2. The van der Waals surface area contributed by atoms with Crippen molar-refractivity contribution in [2.24, 2.45) is 0 Å². The molecule has 6 nitrogen and oxygen atoms in total. The molecule has 2 aromatic carbocycles. The minimum absolute atomic E-state index is 0.101. The average molecular weight is 492 g/mol. The van der Waals surface area contributed by atoms with Crippen LogP contribution in [0.15, 0.2) is 66.7 Å². The van der Waals surface area contributed by atoms with Crippen molar-refractivity contribution in [2.45, 2.75) is 26.3 Å². The van der Waals surface area contributed by atoms with Crippen LogP contribution in [0.25, 0.3) is 0 Å². The van der Waals surface area contributed by atoms with E-state index in [4.69, 9.17) is 4.74 Å². The van der Waals surface area contributed by atoms with Crippen molar-refractivity contribution in [3.8, 4) is 0 Å². The van der Waals surface area contributed by atoms with Gasteiger partial charge in [0, 0.05) is 31.1 Å². The molecule has 3 aromatic rings. The van der Waals surface area contributed by atoms with Gasteiger partial charge in [-0.25, -0.2) is 4.79 Å². The van der Waals surface area contributed by atoms with Gasteiger partial charge in [-0.3, -0.25) is 14.6 Å². The van der Waals surface area contributed by atoms with Crippen molar-refractivity contribution >= 4 is 28.2 Å². The number of nitrogens with zero attached hydrogens (tertiary/aromatic N) is 2. The standard InChI is InChI=1S/C28H33N3O3S/c1-3-23-19-24(28(33)34-4-2)27(35-23)29-25(32)20-30-15-17-31(18-16-30)26(21-11-7-5-8-12-21)22-13-9-6-10-14-22/h5-14,19,26H,3-4,15-18,20H2,1-2H3,(H,29,32). The van der Waals surface area contributed by atoms with Crippen LogP contribution in [0.1, 0.15) is 46.3 Å². The Hall–Kier alpha value is -3.00. The van der Waals surface area contributed by atoms with Crippen LogP contribution in [0.3, 0.4) is 0 Å². The average Bonchev–Trinajstić information content (AvgIpc) is 3.29. The van der Waals surface area contributed by atoms with Gasteiger partial charge < -0.3 is 10.1 Å². The fourth-order valence-electron chi connectivity index (χ4n) is 4.50. The van der Waals surface area contributed by atoms with Crippen molar-refractivity contribution in [3.63, 3.8) is 0 Å². The lowest BCUT2D eigenvalue weighted by Crippen LogP contribution is -2.49. The predicted octanol–water partition coefficient (Wildman–Crippen LogP) is 4.83. The summed E-state index contributed by atoms with van der Waals surface area (Å²) in [6.45, 7) is 7.77. The molecule has 0 bridgehead atoms. The largest absolute Gasteiger partial charge is 0.462 e. The van der Waals surface area contributed by atoms with Gasteiger partial charge >= 0.3 is 5.97 Å². The molecule has 0 spiro atoms. The molecule has 0 atom stereocenters. The van der Waals surface area contributed by atoms with Crippen molar-refractivity contribution in [1.29, 1.82) is 0 Å². The number of esters is 1. The summed E-state index contributed by atoms with van der Waals surface area (Å²) in [5, 5.41) is 3.54. The van der Waals surface area contributed by atoms with Crippen molar-refractivity contribution in [2.75, 3.05) is 44.6 Å². The first-order chi connectivity index (χ1) is 17.1. The van der Waals surface area contributed by atoms with E-state index in [1.54, 1.807) is 6.92 Å². The number of nitrogens with one attached hydrogen (secondary N) is 1. The number of amides is 1. The maximum atomic E-state index is 12.9. The van der Waals surface area contributed by atoms with E-state index < -0.39 is 0 Å². The number of rotatable bonds is 9. The van der Waals surface area contributed by atoms with Crippen molar-refractivity contribution < 1.29 is 14.3 Å². The first-order valence-electron chi connectivity index (χ1n) is 12.2. The maximum Gasteiger partial charge on any atom is 0.341 e. The lowest BCUT2D eigenvalue weighted by Gasteiger charge is -2.39. The summed E-state index contributed by atoms with van der Waals surface area (Å²) >= 11 is 1.44. The van der Waals surface area contributed by atoms with Gasteiger partial charge in [-0.2, -0.15) is 0 Å². The second-order valence-electron chi connectivity index (χ2n) is 8.61. The van der Waals surface area contributed by atoms with E-state index in [9.17, 15) is 9.59 Å². The van der Waals surface area contributed by atoms with Crippen LogP contribution in [0.5, 0.6) is 0 Å². The Morgan fingerprint density at radius 3 is 2.09 bits per heavy atom. The lowest BCUT2D eigenvalue weighted by molar-refractivity contribution is -0.117. The highest BCUT2D eigenvalue weighted by molar-refractivity contribution is 7.16. The molecule has 184 valence electrons. The zero-order valence-corrected chi connectivity index (χ0v) is 21.2. The predicted molar refractivity (Wildman–Crippen MR) is 141 cm³/mol. The molecule has 0 saturated carbocycles. The molecular formula is C28H33N3O3S. The van der Waals surface area contributed by atoms with Crippen LogP contribution < -0.4 is 5.32 Å². The van der Waals surface area contributed by atoms with Gasteiger partial charge in [0.05, 0.1) is 24.8 Å². The van der Waals surface area contributed by atoms with E-state index in [0.717, 1.165) is 37.5 Å². The van der Waals surface area contributed by atoms with E-state index in [0.29, 0.717) is 23.7 Å². The SMILES string of the molecule is CCOC(=O)c1cc(CC)sc1NC(=O)CN1CCN(C(c2ccccc2)c2ccccc2)CC1. The number of thiophene rings is 1. The second kappa shape index (κ2) is 12.1. The molecule has 1 fully saturated rings. The van der Waals surface area contributed by atoms with Gasteiger partial charge in [-0.1, -0.05) is 67.6 Å². The van der Waals surface area contributed by atoms with E-state index in [2.05, 4.69) is 63.6 Å². The molecule has 2 heterocycles. The minimum atomic E-state index is -0.389. The Labute approximate surface area is 211 Å². The summed E-state index contributed by atoms with van der Waals surface area (Å²) < 4.78 is 5.17. The van der Waals surface area contributed by atoms with E-state index in [1.807, 2.05) is 25.1 Å². The second-order valence-corrected chi connectivity index (χ2v) is 9.75. The highest BCUT2D eigenvalue weighted by atomic mass is 32.1. The quantitative estimate of drug-likeness (QED) is 0.435. The highest BCUT2D eigenvalue weighted by Gasteiger charge is 2.27. The molecule has 1 N–H and O–H groups in total. The first kappa shape index (κ1) is 25.1. The number of hydrogen-bond acceptors (Lipinski definition) is 6. The summed E-state index contributed by atoms with van der Waals surface area (Å²) in [6, 6.07) is 23.2. The fraction of sp³-hybridized carbons (Fsp3) is 0.357. The van der Waals surface area contributed by atoms with Gasteiger partial charge in [0.15, 0.2) is 0 Å². The Morgan fingerprint density at radius 1 is 0.943 bits per heavy atom. The zero-order chi connectivity index (χ0) is 24.6. The minimum Gasteiger partial charge on any atom is -0.462 e. The molecular weight excluding hydrogens is 458 g/mol. The number of piperazine rings is 1. The number of benzene rings is 2. The highest BCUT2D eigenvalue weighted by Crippen LogP contribution is 2.31. The third kappa shape index (κ3) is 6.36. The Morgan fingerprint density at radius 2 is 1.54 bits per heavy atom. The fourth-order valence-corrected chi connectivity index (χ4v) is 5.50. The van der Waals surface area contributed by atoms with E-state index >= 15 is 0 Å². The molecule has 0 radical (unpaired) electrons. The molecule has 0 aliphatic carbocycles. The zero-order valence-electron chi connectivity index (χ0n) is 20.4. The number of aryl methyl sites for hydroxylation is 1. The third-order valence-corrected chi connectivity index (χ3v) is 7.44. The molecule has 1 amide bonds. The molecule has 4 rings (SSSR count). The van der Waals surface area contributed by atoms with Crippen LogP contribution in [0, 0.1) is 0 Å². The maximum absolute atomic E-state index is 12.9. The van der Waals surface area contributed by atoms with E-state index in [-0.39, 0.29) is 17.9 Å². The Kier molecular flexibility index (Phi) is 8.69. The molecule has 0 unspecified atom stereocenters. The van der Waals surface area contributed by atoms with Gasteiger partial charge in [0.25, 0.3) is 0 Å². The number of hydrogen-bond donors (Lipinski definition) is 1. The molecule has 1 aromatic heterocycles. The number of carbonyl (C=O) groups is 2. The van der Waals surface area contributed by atoms with Crippen LogP contribution in [-0.2, 0) is 16.0 Å². The lowest BCUT2D eigenvalue weighted by atomic mass is 9.96. The van der Waals surface area contributed by atoms with Crippen LogP contribution >= 0.6 is 11.3 Å². The number of ether oxygens (including phenoxy) is 1. The van der Waals surface area contributed by atoms with Crippen LogP contribution in [0.2, 0.25) is 0 Å². The van der Waals surface area contributed by atoms with Crippen LogP contribution in [-0.4, -0.2) is 61.0 Å². The topological polar surface area (TPSA) is 61.9 Å². The summed E-state index contributed by atoms with van der Waals surface area (Å²) in [7, 11) is 0. The summed E-state index contributed by atoms with van der Waals surface area (Å²) in [4.78, 5) is 30.9. The molecule has 7 heteroatoms. The van der Waals surface area contributed by atoms with Gasteiger partial charge in [-0.05, 0) is 30.5 Å². The molecule has 1 aliphatic heterocycles. The molecule has 1 aliphatic rings. The van der Waals surface area contributed by atoms with E-state index in [1.165, 1.54) is 22.5 Å². The van der Waals surface area contributed by atoms with Crippen LogP contribution in [0.4, 0.5) is 5.00 Å². The van der Waals surface area contributed by atoms with Gasteiger partial charge in [-0.15, -0.1) is 11.3 Å². The summed E-state index contributed by atoms with van der Waals surface area (Å²) in [6.07, 6.45) is 0.804. The first-order valence-corrected chi connectivity index (χ1v) is 13.1. The van der Waals surface area contributed by atoms with Gasteiger partial charge in [0.2, 0.25) is 5.91 Å².